The van der Waals surface area contributed by atoms with Crippen molar-refractivity contribution >= 4 is 33.9 Å². The summed E-state index contributed by atoms with van der Waals surface area (Å²) in [5.74, 6) is -0.201. The van der Waals surface area contributed by atoms with E-state index >= 15 is 0 Å². The van der Waals surface area contributed by atoms with Crippen LogP contribution in [0.3, 0.4) is 0 Å². The number of hydrogen-bond donors (Lipinski definition) is 2. The highest BCUT2D eigenvalue weighted by molar-refractivity contribution is 7.10. The summed E-state index contributed by atoms with van der Waals surface area (Å²) in [5, 5.41) is 11.4. The highest BCUT2D eigenvalue weighted by atomic mass is 32.1. The molecule has 34 heavy (non-hydrogen) atoms. The molecule has 2 N–H and O–H groups in total. The standard InChI is InChI=1S/C27H34N4O2S/c1-17(28-5)24(32)30-23(27(2,3)4)26(33)31-15-9-14-22(31)25-29-21(16-34-25)20-13-8-11-18-10-6-7-12-19(18)20/h6-8,10-13,16-17,22-23,28H,9,14-15H2,1-5H3,(H,30,32). The van der Waals surface area contributed by atoms with E-state index in [1.807, 2.05) is 37.8 Å². The number of likely N-dealkylation sites (N-methyl/N-ethyl adjacent to an activating group) is 1. The number of carbonyl (C=O) groups excluding carboxylic acids is 2. The number of aromatic nitrogens is 1. The zero-order valence-corrected chi connectivity index (χ0v) is 21.4. The smallest absolute Gasteiger partial charge is 0.246 e. The second kappa shape index (κ2) is 9.84. The Kier molecular flexibility index (Phi) is 7.05. The molecule has 3 atom stereocenters. The minimum Gasteiger partial charge on any atom is -0.342 e. The van der Waals surface area contributed by atoms with Crippen LogP contribution in [0.5, 0.6) is 0 Å². The van der Waals surface area contributed by atoms with Crippen LogP contribution >= 0.6 is 11.3 Å². The third kappa shape index (κ3) is 4.86. The molecule has 1 fully saturated rings. The first-order chi connectivity index (χ1) is 16.2. The summed E-state index contributed by atoms with van der Waals surface area (Å²) >= 11 is 1.61. The molecule has 6 nitrogen and oxygen atoms in total. The van der Waals surface area contributed by atoms with E-state index in [1.54, 1.807) is 25.3 Å². The number of amides is 2. The quantitative estimate of drug-likeness (QED) is 0.535. The summed E-state index contributed by atoms with van der Waals surface area (Å²) in [4.78, 5) is 33.3. The molecule has 1 saturated heterocycles. The molecule has 180 valence electrons. The lowest BCUT2D eigenvalue weighted by atomic mass is 9.85. The van der Waals surface area contributed by atoms with Gasteiger partial charge in [0.1, 0.15) is 11.0 Å². The lowest BCUT2D eigenvalue weighted by Gasteiger charge is -2.35. The van der Waals surface area contributed by atoms with E-state index in [9.17, 15) is 9.59 Å². The summed E-state index contributed by atoms with van der Waals surface area (Å²) in [5.41, 5.74) is 1.64. The van der Waals surface area contributed by atoms with Gasteiger partial charge in [0.25, 0.3) is 0 Å². The van der Waals surface area contributed by atoms with Crippen LogP contribution in [0.25, 0.3) is 22.0 Å². The number of carbonyl (C=O) groups is 2. The topological polar surface area (TPSA) is 74.3 Å². The molecule has 2 aromatic carbocycles. The number of fused-ring (bicyclic) bond motifs is 1. The van der Waals surface area contributed by atoms with Crippen molar-refractivity contribution < 1.29 is 9.59 Å². The Bertz CT molecular complexity index is 1180. The molecule has 0 saturated carbocycles. The molecule has 0 radical (unpaired) electrons. The lowest BCUT2D eigenvalue weighted by molar-refractivity contribution is -0.140. The van der Waals surface area contributed by atoms with Crippen molar-refractivity contribution in [3.8, 4) is 11.3 Å². The molecule has 0 spiro atoms. The van der Waals surface area contributed by atoms with Gasteiger partial charge in [-0.3, -0.25) is 9.59 Å². The van der Waals surface area contributed by atoms with Gasteiger partial charge in [-0.2, -0.15) is 0 Å². The van der Waals surface area contributed by atoms with E-state index in [0.717, 1.165) is 29.1 Å². The molecular weight excluding hydrogens is 444 g/mol. The highest BCUT2D eigenvalue weighted by Crippen LogP contribution is 2.38. The molecule has 2 heterocycles. The third-order valence-corrected chi connectivity index (χ3v) is 7.58. The van der Waals surface area contributed by atoms with Gasteiger partial charge in [-0.15, -0.1) is 11.3 Å². The Morgan fingerprint density at radius 2 is 1.88 bits per heavy atom. The summed E-state index contributed by atoms with van der Waals surface area (Å²) in [7, 11) is 1.74. The average molecular weight is 479 g/mol. The van der Waals surface area contributed by atoms with Gasteiger partial charge >= 0.3 is 0 Å². The van der Waals surface area contributed by atoms with Gasteiger partial charge in [-0.1, -0.05) is 63.2 Å². The Balaban J connectivity index is 1.60. The van der Waals surface area contributed by atoms with Gasteiger partial charge in [0, 0.05) is 17.5 Å². The van der Waals surface area contributed by atoms with E-state index < -0.39 is 11.5 Å². The van der Waals surface area contributed by atoms with E-state index in [2.05, 4.69) is 46.3 Å². The van der Waals surface area contributed by atoms with Gasteiger partial charge in [0.15, 0.2) is 0 Å². The second-order valence-corrected chi connectivity index (χ2v) is 11.0. The van der Waals surface area contributed by atoms with Gasteiger partial charge in [-0.25, -0.2) is 4.98 Å². The first-order valence-corrected chi connectivity index (χ1v) is 12.8. The van der Waals surface area contributed by atoms with Crippen molar-refractivity contribution in [1.82, 2.24) is 20.5 Å². The van der Waals surface area contributed by atoms with Crippen molar-refractivity contribution in [3.05, 3.63) is 52.9 Å². The van der Waals surface area contributed by atoms with Crippen LogP contribution in [0.15, 0.2) is 47.8 Å². The molecule has 1 aromatic heterocycles. The largest absolute Gasteiger partial charge is 0.342 e. The van der Waals surface area contributed by atoms with Crippen molar-refractivity contribution in [2.45, 2.75) is 58.7 Å². The van der Waals surface area contributed by atoms with E-state index in [0.29, 0.717) is 6.54 Å². The van der Waals surface area contributed by atoms with Crippen LogP contribution in [-0.2, 0) is 9.59 Å². The first-order valence-electron chi connectivity index (χ1n) is 11.9. The molecule has 3 aromatic rings. The molecular formula is C27H34N4O2S. The van der Waals surface area contributed by atoms with Crippen molar-refractivity contribution in [1.29, 1.82) is 0 Å². The minimum atomic E-state index is -0.603. The Morgan fingerprint density at radius 3 is 2.62 bits per heavy atom. The predicted octanol–water partition coefficient (Wildman–Crippen LogP) is 4.77. The lowest BCUT2D eigenvalue weighted by Crippen LogP contribution is -2.57. The average Bonchev–Trinajstić information content (AvgIpc) is 3.50. The van der Waals surface area contributed by atoms with Gasteiger partial charge in [0.05, 0.1) is 17.8 Å². The molecule has 1 aliphatic heterocycles. The maximum atomic E-state index is 13.7. The summed E-state index contributed by atoms with van der Waals surface area (Å²) in [6.45, 7) is 8.45. The highest BCUT2D eigenvalue weighted by Gasteiger charge is 2.41. The van der Waals surface area contributed by atoms with Crippen LogP contribution in [0.2, 0.25) is 0 Å². The van der Waals surface area contributed by atoms with Gasteiger partial charge in [0.2, 0.25) is 11.8 Å². The fourth-order valence-corrected chi connectivity index (χ4v) is 5.48. The van der Waals surface area contributed by atoms with Crippen molar-refractivity contribution in [3.63, 3.8) is 0 Å². The number of likely N-dealkylation sites (tertiary alicyclic amines) is 1. The zero-order chi connectivity index (χ0) is 24.5. The Hall–Kier alpha value is -2.77. The monoisotopic (exact) mass is 478 g/mol. The molecule has 7 heteroatoms. The van der Waals surface area contributed by atoms with E-state index in [4.69, 9.17) is 4.98 Å². The second-order valence-electron chi connectivity index (χ2n) is 10.1. The number of nitrogens with one attached hydrogen (secondary N) is 2. The third-order valence-electron chi connectivity index (χ3n) is 6.63. The summed E-state index contributed by atoms with van der Waals surface area (Å²) in [6.07, 6.45) is 1.81. The SMILES string of the molecule is CNC(C)C(=O)NC(C(=O)N1CCCC1c1nc(-c2cccc3ccccc23)cs1)C(C)(C)C. The van der Waals surface area contributed by atoms with Crippen LogP contribution < -0.4 is 10.6 Å². The zero-order valence-electron chi connectivity index (χ0n) is 20.6. The number of benzene rings is 2. The van der Waals surface area contributed by atoms with Gasteiger partial charge < -0.3 is 15.5 Å². The van der Waals surface area contributed by atoms with Crippen LogP contribution in [0, 0.1) is 5.41 Å². The van der Waals surface area contributed by atoms with Crippen molar-refractivity contribution in [2.75, 3.05) is 13.6 Å². The van der Waals surface area contributed by atoms with Crippen LogP contribution in [-0.4, -0.2) is 47.4 Å². The normalized spacial score (nSPS) is 18.1. The fourth-order valence-electron chi connectivity index (χ4n) is 4.51. The Morgan fingerprint density at radius 1 is 1.15 bits per heavy atom. The number of thiazole rings is 1. The van der Waals surface area contributed by atoms with E-state index in [-0.39, 0.29) is 23.9 Å². The molecule has 0 aliphatic carbocycles. The minimum absolute atomic E-state index is 0.0337. The predicted molar refractivity (Wildman–Crippen MR) is 139 cm³/mol. The fraction of sp³-hybridized carbons (Fsp3) is 0.444. The van der Waals surface area contributed by atoms with Gasteiger partial charge in [-0.05, 0) is 43.0 Å². The maximum absolute atomic E-state index is 13.7. The van der Waals surface area contributed by atoms with Crippen LogP contribution in [0.1, 0.15) is 51.6 Å². The first kappa shape index (κ1) is 24.4. The molecule has 3 unspecified atom stereocenters. The summed E-state index contributed by atoms with van der Waals surface area (Å²) < 4.78 is 0. The van der Waals surface area contributed by atoms with Crippen LogP contribution in [0.4, 0.5) is 0 Å². The van der Waals surface area contributed by atoms with Crippen molar-refractivity contribution in [2.24, 2.45) is 5.41 Å². The maximum Gasteiger partial charge on any atom is 0.246 e. The molecule has 2 amide bonds. The number of nitrogens with zero attached hydrogens (tertiary/aromatic N) is 2. The Labute approximate surface area is 205 Å². The molecule has 0 bridgehead atoms. The molecule has 1 aliphatic rings. The summed E-state index contributed by atoms with van der Waals surface area (Å²) in [6, 6.07) is 13.6. The number of hydrogen-bond acceptors (Lipinski definition) is 5. The van der Waals surface area contributed by atoms with E-state index in [1.165, 1.54) is 10.8 Å². The number of rotatable bonds is 6. The molecule has 4 rings (SSSR count).